The van der Waals surface area contributed by atoms with Crippen LogP contribution in [0.25, 0.3) is 10.1 Å². The maximum atomic E-state index is 12.7. The van der Waals surface area contributed by atoms with Crippen LogP contribution in [0, 0.1) is 16.0 Å². The van der Waals surface area contributed by atoms with Gasteiger partial charge in [0.25, 0.3) is 11.6 Å². The van der Waals surface area contributed by atoms with E-state index < -0.39 is 10.9 Å². The summed E-state index contributed by atoms with van der Waals surface area (Å²) in [6.07, 6.45) is 6.81. The van der Waals surface area contributed by atoms with E-state index in [0.29, 0.717) is 22.2 Å². The molecule has 0 spiro atoms. The largest absolute Gasteiger partial charge is 0.451 e. The van der Waals surface area contributed by atoms with E-state index in [4.69, 9.17) is 4.74 Å². The number of hydrogen-bond acceptors (Lipinski definition) is 6. The lowest BCUT2D eigenvalue weighted by atomic mass is 9.78. The molecule has 0 bridgehead atoms. The number of piperidine rings is 1. The van der Waals surface area contributed by atoms with Crippen molar-refractivity contribution in [3.05, 3.63) is 39.3 Å². The van der Waals surface area contributed by atoms with Crippen molar-refractivity contribution in [2.24, 2.45) is 5.92 Å². The lowest BCUT2D eigenvalue weighted by Gasteiger charge is -2.44. The number of nitro groups is 1. The van der Waals surface area contributed by atoms with Crippen LogP contribution in [0.2, 0.25) is 0 Å². The molecule has 1 aromatic heterocycles. The van der Waals surface area contributed by atoms with Crippen molar-refractivity contribution >= 4 is 39.0 Å². The summed E-state index contributed by atoms with van der Waals surface area (Å²) in [5.74, 6) is -0.100. The van der Waals surface area contributed by atoms with Crippen LogP contribution in [0.3, 0.4) is 0 Å². The second-order valence-electron chi connectivity index (χ2n) is 7.51. The van der Waals surface area contributed by atoms with Crippen molar-refractivity contribution in [1.29, 1.82) is 0 Å². The summed E-state index contributed by atoms with van der Waals surface area (Å²) in [4.78, 5) is 37.7. The molecule has 7 nitrogen and oxygen atoms in total. The highest BCUT2D eigenvalue weighted by Gasteiger charge is 2.35. The van der Waals surface area contributed by atoms with Crippen molar-refractivity contribution in [2.75, 3.05) is 13.2 Å². The molecule has 0 unspecified atom stereocenters. The highest BCUT2D eigenvalue weighted by Crippen LogP contribution is 2.35. The van der Waals surface area contributed by atoms with Crippen LogP contribution in [0.4, 0.5) is 5.69 Å². The minimum atomic E-state index is -0.561. The van der Waals surface area contributed by atoms with Gasteiger partial charge in [-0.2, -0.15) is 0 Å². The Hall–Kier alpha value is -2.48. The Balaban J connectivity index is 1.40. The Labute approximate surface area is 166 Å². The van der Waals surface area contributed by atoms with E-state index in [1.165, 1.54) is 42.7 Å². The number of amides is 1. The molecule has 8 heteroatoms. The van der Waals surface area contributed by atoms with Crippen LogP contribution in [-0.4, -0.2) is 40.9 Å². The zero-order valence-corrected chi connectivity index (χ0v) is 16.3. The molecule has 148 valence electrons. The van der Waals surface area contributed by atoms with Gasteiger partial charge < -0.3 is 9.64 Å². The third-order valence-electron chi connectivity index (χ3n) is 5.80. The van der Waals surface area contributed by atoms with E-state index >= 15 is 0 Å². The van der Waals surface area contributed by atoms with Gasteiger partial charge in [-0.1, -0.05) is 12.8 Å². The molecule has 2 heterocycles. The van der Waals surface area contributed by atoms with Gasteiger partial charge in [-0.3, -0.25) is 14.9 Å². The van der Waals surface area contributed by atoms with Gasteiger partial charge in [-0.15, -0.1) is 11.3 Å². The fraction of sp³-hybridized carbons (Fsp3) is 0.500. The number of benzene rings is 1. The Kier molecular flexibility index (Phi) is 5.30. The SMILES string of the molecule is O=C(OCC(=O)N1CCC[C@H]2CCCC[C@@H]21)c1cc2cc([N+](=O)[O-])ccc2s1. The highest BCUT2D eigenvalue weighted by molar-refractivity contribution is 7.20. The van der Waals surface area contributed by atoms with E-state index in [1.807, 2.05) is 4.90 Å². The van der Waals surface area contributed by atoms with E-state index in [9.17, 15) is 19.7 Å². The van der Waals surface area contributed by atoms with Crippen LogP contribution in [0.1, 0.15) is 48.2 Å². The average molecular weight is 402 g/mol. The van der Waals surface area contributed by atoms with Crippen LogP contribution in [0.5, 0.6) is 0 Å². The molecule has 0 radical (unpaired) electrons. The fourth-order valence-electron chi connectivity index (χ4n) is 4.46. The summed E-state index contributed by atoms with van der Waals surface area (Å²) >= 11 is 1.21. The quantitative estimate of drug-likeness (QED) is 0.435. The Morgan fingerprint density at radius 1 is 1.18 bits per heavy atom. The van der Waals surface area contributed by atoms with Gasteiger partial charge in [0.15, 0.2) is 6.61 Å². The summed E-state index contributed by atoms with van der Waals surface area (Å²) in [5.41, 5.74) is -0.0208. The first-order chi connectivity index (χ1) is 13.5. The highest BCUT2D eigenvalue weighted by atomic mass is 32.1. The molecule has 1 aliphatic heterocycles. The average Bonchev–Trinajstić information content (AvgIpc) is 3.14. The number of carbonyl (C=O) groups is 2. The topological polar surface area (TPSA) is 89.8 Å². The van der Waals surface area contributed by atoms with E-state index in [-0.39, 0.29) is 18.2 Å². The summed E-state index contributed by atoms with van der Waals surface area (Å²) in [7, 11) is 0. The van der Waals surface area contributed by atoms with Gasteiger partial charge in [0, 0.05) is 34.8 Å². The van der Waals surface area contributed by atoms with Gasteiger partial charge >= 0.3 is 5.97 Å². The first-order valence-electron chi connectivity index (χ1n) is 9.67. The molecule has 1 aliphatic carbocycles. The van der Waals surface area contributed by atoms with Crippen LogP contribution < -0.4 is 0 Å². The Bertz CT molecular complexity index is 922. The normalized spacial score (nSPS) is 21.9. The number of fused-ring (bicyclic) bond motifs is 2. The van der Waals surface area contributed by atoms with Gasteiger partial charge in [-0.25, -0.2) is 4.79 Å². The minimum Gasteiger partial charge on any atom is -0.451 e. The number of rotatable bonds is 4. The van der Waals surface area contributed by atoms with Crippen LogP contribution in [-0.2, 0) is 9.53 Å². The maximum Gasteiger partial charge on any atom is 0.348 e. The number of hydrogen-bond donors (Lipinski definition) is 0. The van der Waals surface area contributed by atoms with Gasteiger partial charge in [0.05, 0.1) is 4.92 Å². The van der Waals surface area contributed by atoms with Gasteiger partial charge in [0.2, 0.25) is 0 Å². The zero-order valence-electron chi connectivity index (χ0n) is 15.5. The number of ether oxygens (including phenoxy) is 1. The molecule has 1 amide bonds. The Morgan fingerprint density at radius 2 is 1.96 bits per heavy atom. The first kappa shape index (κ1) is 18.9. The molecule has 1 aromatic carbocycles. The van der Waals surface area contributed by atoms with Crippen LogP contribution >= 0.6 is 11.3 Å². The predicted octanol–water partition coefficient (Wildman–Crippen LogP) is 4.15. The van der Waals surface area contributed by atoms with Crippen molar-refractivity contribution in [2.45, 2.75) is 44.6 Å². The van der Waals surface area contributed by atoms with Crippen LogP contribution in [0.15, 0.2) is 24.3 Å². The van der Waals surface area contributed by atoms with E-state index in [0.717, 1.165) is 30.5 Å². The van der Waals surface area contributed by atoms with E-state index in [1.54, 1.807) is 12.1 Å². The second kappa shape index (κ2) is 7.87. The lowest BCUT2D eigenvalue weighted by Crippen LogP contribution is -2.50. The monoisotopic (exact) mass is 402 g/mol. The van der Waals surface area contributed by atoms with Gasteiger partial charge in [-0.05, 0) is 43.7 Å². The molecular formula is C20H22N2O5S. The maximum absolute atomic E-state index is 12.7. The summed E-state index contributed by atoms with van der Waals surface area (Å²) in [6.45, 7) is 0.487. The second-order valence-corrected chi connectivity index (χ2v) is 8.59. The fourth-order valence-corrected chi connectivity index (χ4v) is 5.40. The first-order valence-corrected chi connectivity index (χ1v) is 10.5. The van der Waals surface area contributed by atoms with E-state index in [2.05, 4.69) is 0 Å². The number of nitrogens with zero attached hydrogens (tertiary/aromatic N) is 2. The molecular weight excluding hydrogens is 380 g/mol. The summed E-state index contributed by atoms with van der Waals surface area (Å²) < 4.78 is 6.04. The van der Waals surface area contributed by atoms with Crippen molar-refractivity contribution in [1.82, 2.24) is 4.90 Å². The number of carbonyl (C=O) groups excluding carboxylic acids is 2. The number of thiophene rings is 1. The number of likely N-dealkylation sites (tertiary alicyclic amines) is 1. The van der Waals surface area contributed by atoms with Crippen molar-refractivity contribution < 1.29 is 19.2 Å². The molecule has 28 heavy (non-hydrogen) atoms. The standard InChI is InChI=1S/C20H22N2O5S/c23-19(21-9-3-5-13-4-1-2-6-16(13)21)12-27-20(24)18-11-14-10-15(22(25)26)7-8-17(14)28-18/h7-8,10-11,13,16H,1-6,9,12H2/t13-,16+/m1/s1. The molecule has 2 atom stereocenters. The number of nitro benzene ring substituents is 1. The summed E-state index contributed by atoms with van der Waals surface area (Å²) in [5, 5.41) is 11.5. The minimum absolute atomic E-state index is 0.0208. The smallest absolute Gasteiger partial charge is 0.348 e. The lowest BCUT2D eigenvalue weighted by molar-refractivity contribution is -0.384. The predicted molar refractivity (Wildman–Crippen MR) is 105 cm³/mol. The summed E-state index contributed by atoms with van der Waals surface area (Å²) in [6, 6.07) is 6.34. The molecule has 1 saturated heterocycles. The molecule has 2 aliphatic rings. The molecule has 0 N–H and O–H groups in total. The Morgan fingerprint density at radius 3 is 2.79 bits per heavy atom. The zero-order chi connectivity index (χ0) is 19.7. The van der Waals surface area contributed by atoms with Crippen molar-refractivity contribution in [3.63, 3.8) is 0 Å². The third-order valence-corrected chi connectivity index (χ3v) is 6.90. The van der Waals surface area contributed by atoms with Gasteiger partial charge in [0.1, 0.15) is 4.88 Å². The van der Waals surface area contributed by atoms with Crippen molar-refractivity contribution in [3.8, 4) is 0 Å². The molecule has 2 aromatic rings. The number of non-ortho nitro benzene ring substituents is 1. The molecule has 4 rings (SSSR count). The molecule has 2 fully saturated rings. The third kappa shape index (κ3) is 3.73. The number of esters is 1. The molecule has 1 saturated carbocycles.